The van der Waals surface area contributed by atoms with Crippen LogP contribution in [0, 0.1) is 24.7 Å². The number of carboxylic acid groups (broad SMARTS) is 4. The molecule has 0 aromatic carbocycles. The number of fused-ring (bicyclic) bond motifs is 7. The average Bonchev–Trinajstić information content (AvgIpc) is 3.58. The van der Waals surface area contributed by atoms with Gasteiger partial charge in [-0.3, -0.25) is 33.8 Å². The minimum Gasteiger partial charge on any atom is -0.657 e. The van der Waals surface area contributed by atoms with Crippen molar-refractivity contribution in [3.8, 4) is 0 Å². The normalized spacial score (nSPS) is 22.5. The Morgan fingerprint density at radius 1 is 0.776 bits per heavy atom. The zero-order valence-corrected chi connectivity index (χ0v) is 28.2. The summed E-state index contributed by atoms with van der Waals surface area (Å²) in [4.78, 5) is 88.9. The van der Waals surface area contributed by atoms with E-state index in [1.165, 1.54) is 32.1 Å². The van der Waals surface area contributed by atoms with Gasteiger partial charge in [0.2, 0.25) is 0 Å². The van der Waals surface area contributed by atoms with Crippen LogP contribution in [0.3, 0.4) is 0 Å². The number of aliphatic imine (C=N–C) groups is 1. The number of hydrogen-bond donors (Lipinski definition) is 5. The summed E-state index contributed by atoms with van der Waals surface area (Å²) in [5, 5.41) is 42.1. The van der Waals surface area contributed by atoms with Crippen LogP contribution in [0.15, 0.2) is 22.5 Å². The standard InChI is InChI=1S/C34H36N4O10.Fe/c1-15-17(5-7-27(39)40)21-10-22-18(6-8-28(41)42)16(2)20(36-22)11-25-33(3,13-29(43)44)32(48)24(38-25)12-26-34(4,14-30(45)46)31(47)23(37-26)9-19(15)35-21;/h9-12,26H,5-8,13-14H2,1-4H3,(H7,35,36,37,38,39,40,41,42,43,44,45,46,47);/q;+2/p-2. The molecule has 5 rings (SSSR count). The molecule has 3 aliphatic rings. The molecule has 3 aliphatic heterocycles. The van der Waals surface area contributed by atoms with E-state index in [0.29, 0.717) is 44.3 Å². The van der Waals surface area contributed by atoms with E-state index < -0.39 is 65.2 Å². The van der Waals surface area contributed by atoms with Crippen LogP contribution >= 0.6 is 0 Å². The van der Waals surface area contributed by atoms with Gasteiger partial charge >= 0.3 is 40.9 Å². The number of carbonyl (C=O) groups excluding carboxylic acids is 2. The molecule has 0 spiro atoms. The van der Waals surface area contributed by atoms with Gasteiger partial charge in [0.1, 0.15) is 5.71 Å². The van der Waals surface area contributed by atoms with Crippen molar-refractivity contribution >= 4 is 59.4 Å². The van der Waals surface area contributed by atoms with E-state index in [-0.39, 0.29) is 59.9 Å². The summed E-state index contributed by atoms with van der Waals surface area (Å²) >= 11 is 0. The van der Waals surface area contributed by atoms with Crippen molar-refractivity contribution in [2.75, 3.05) is 0 Å². The maximum Gasteiger partial charge on any atom is 2.00 e. The third-order valence-corrected chi connectivity index (χ3v) is 9.42. The average molecular weight is 715 g/mol. The number of nitrogens with one attached hydrogen (secondary N) is 1. The van der Waals surface area contributed by atoms with Gasteiger partial charge in [-0.05, 0) is 52.7 Å². The number of rotatable bonds is 10. The second-order valence-corrected chi connectivity index (χ2v) is 12.8. The largest absolute Gasteiger partial charge is 2.00 e. The summed E-state index contributed by atoms with van der Waals surface area (Å²) in [6.07, 6.45) is 4.43. The molecule has 8 bridgehead atoms. The first kappa shape index (κ1) is 36.8. The van der Waals surface area contributed by atoms with Crippen molar-refractivity contribution in [2.24, 2.45) is 15.8 Å². The molecule has 49 heavy (non-hydrogen) atoms. The second-order valence-electron chi connectivity index (χ2n) is 12.8. The summed E-state index contributed by atoms with van der Waals surface area (Å²) < 4.78 is 0. The van der Waals surface area contributed by atoms with Crippen LogP contribution < -0.4 is 26.0 Å². The van der Waals surface area contributed by atoms with E-state index in [2.05, 4.69) is 10.3 Å². The predicted octanol–water partition coefficient (Wildman–Crippen LogP) is 0.624. The van der Waals surface area contributed by atoms with Crippen molar-refractivity contribution < 1.29 is 66.3 Å². The van der Waals surface area contributed by atoms with Gasteiger partial charge in [-0.25, -0.2) is 0 Å². The predicted molar refractivity (Wildman–Crippen MR) is 169 cm³/mol. The van der Waals surface area contributed by atoms with Crippen LogP contribution in [0.1, 0.15) is 73.2 Å². The summed E-state index contributed by atoms with van der Waals surface area (Å²) in [6, 6.07) is -1.12. The molecule has 258 valence electrons. The van der Waals surface area contributed by atoms with Crippen LogP contribution in [-0.2, 0) is 58.7 Å². The first-order valence-corrected chi connectivity index (χ1v) is 15.2. The van der Waals surface area contributed by atoms with Gasteiger partial charge in [-0.15, -0.1) is 22.1 Å². The van der Waals surface area contributed by atoms with Crippen LogP contribution in [-0.4, -0.2) is 67.6 Å². The molecule has 5 N–H and O–H groups in total. The number of aromatic nitrogens is 2. The number of nitrogens with zero attached hydrogens (tertiary/aromatic N) is 3. The Hall–Kier alpha value is -5.01. The third kappa shape index (κ3) is 6.81. The van der Waals surface area contributed by atoms with Crippen molar-refractivity contribution in [3.05, 3.63) is 61.8 Å². The fourth-order valence-corrected chi connectivity index (χ4v) is 6.57. The molecule has 0 radical (unpaired) electrons. The van der Waals surface area contributed by atoms with Crippen LogP contribution in [0.4, 0.5) is 0 Å². The number of aliphatic carboxylic acids is 4. The maximum absolute atomic E-state index is 13.9. The Kier molecular flexibility index (Phi) is 10.1. The molecule has 5 heterocycles. The fraction of sp³-hybridized carbons (Fsp3) is 0.382. The minimum atomic E-state index is -1.60. The van der Waals surface area contributed by atoms with Gasteiger partial charge < -0.3 is 35.7 Å². The van der Waals surface area contributed by atoms with E-state index in [1.807, 2.05) is 0 Å². The quantitative estimate of drug-likeness (QED) is 0.213. The van der Waals surface area contributed by atoms with Gasteiger partial charge in [-0.2, -0.15) is 0 Å². The molecule has 3 atom stereocenters. The second kappa shape index (κ2) is 13.5. The first-order valence-electron chi connectivity index (χ1n) is 15.2. The van der Waals surface area contributed by atoms with Crippen molar-refractivity contribution in [2.45, 2.75) is 72.3 Å². The molecule has 0 saturated carbocycles. The van der Waals surface area contributed by atoms with Crippen LogP contribution in [0.2, 0.25) is 0 Å². The molecule has 0 aliphatic carbocycles. The molecule has 1 fully saturated rings. The molecule has 0 amide bonds. The van der Waals surface area contributed by atoms with E-state index in [1.54, 1.807) is 19.9 Å². The van der Waals surface area contributed by atoms with E-state index in [0.717, 1.165) is 0 Å². The number of hydrogen-bond acceptors (Lipinski definition) is 8. The molecular formula is C34H34FeN4O10. The van der Waals surface area contributed by atoms with Gasteiger partial charge in [0.05, 0.1) is 35.4 Å². The molecular weight excluding hydrogens is 680 g/mol. The zero-order chi connectivity index (χ0) is 35.3. The van der Waals surface area contributed by atoms with Crippen LogP contribution in [0.25, 0.3) is 18.2 Å². The van der Waals surface area contributed by atoms with Crippen LogP contribution in [0.5, 0.6) is 0 Å². The smallest absolute Gasteiger partial charge is 0.657 e. The van der Waals surface area contributed by atoms with Crippen molar-refractivity contribution in [1.82, 2.24) is 15.3 Å². The molecule has 14 nitrogen and oxygen atoms in total. The Morgan fingerprint density at radius 2 is 1.39 bits per heavy atom. The Balaban J connectivity index is 0.00000541. The Labute approximate surface area is 290 Å². The van der Waals surface area contributed by atoms with Crippen molar-refractivity contribution in [3.63, 3.8) is 0 Å². The number of allylic oxidation sites excluding steroid dienone is 2. The Morgan fingerprint density at radius 3 is 1.98 bits per heavy atom. The third-order valence-electron chi connectivity index (χ3n) is 9.42. The van der Waals surface area contributed by atoms with Crippen molar-refractivity contribution in [1.29, 1.82) is 0 Å². The number of carbonyl (C=O) groups is 6. The number of Topliss-reactive ketones (excluding diaryl/α,β-unsaturated/α-hetero) is 2. The Bertz CT molecular complexity index is 2030. The monoisotopic (exact) mass is 714 g/mol. The summed E-state index contributed by atoms with van der Waals surface area (Å²) in [6.45, 7) is 6.35. The van der Waals surface area contributed by atoms with Gasteiger partial charge in [0.25, 0.3) is 0 Å². The van der Waals surface area contributed by atoms with Gasteiger partial charge in [0.15, 0.2) is 11.6 Å². The molecule has 1 saturated heterocycles. The topological polar surface area (TPSA) is 236 Å². The van der Waals surface area contributed by atoms with E-state index >= 15 is 0 Å². The van der Waals surface area contributed by atoms with E-state index in [4.69, 9.17) is 9.97 Å². The molecule has 2 aromatic rings. The first-order chi connectivity index (χ1) is 22.4. The summed E-state index contributed by atoms with van der Waals surface area (Å²) in [7, 11) is 0. The SMILES string of the molecule is Cc1c2[n-]c(c1CCC(=O)O)C=c1[n-]c(c(C)c1CCC(=O)O)=CC1=NC(C=C3NC(=C2)C(C)(CC(=O)O)C3=O)C(C)(CC(=O)O)C1=O.[Fe+2]. The summed E-state index contributed by atoms with van der Waals surface area (Å²) in [5.41, 5.74) is -0.152. The number of ketones is 2. The van der Waals surface area contributed by atoms with E-state index in [9.17, 15) is 49.2 Å². The number of carboxylic acids is 4. The van der Waals surface area contributed by atoms with Gasteiger partial charge in [-0.1, -0.05) is 34.4 Å². The molecule has 2 aromatic heterocycles. The molecule has 15 heteroatoms. The fourth-order valence-electron chi connectivity index (χ4n) is 6.57. The summed E-state index contributed by atoms with van der Waals surface area (Å²) in [5.74, 6) is -5.79. The minimum absolute atomic E-state index is 0. The zero-order valence-electron chi connectivity index (χ0n) is 27.1. The maximum atomic E-state index is 13.9. The van der Waals surface area contributed by atoms with Gasteiger partial charge in [0, 0.05) is 18.5 Å². The molecule has 3 unspecified atom stereocenters.